The number of halogens is 1. The number of nitrogens with zero attached hydrogens (tertiary/aromatic N) is 1. The van der Waals surface area contributed by atoms with Crippen LogP contribution in [0.3, 0.4) is 0 Å². The number of rotatable bonds is 1. The molecule has 15 heavy (non-hydrogen) atoms. The van der Waals surface area contributed by atoms with Gasteiger partial charge in [0.05, 0.1) is 11.8 Å². The van der Waals surface area contributed by atoms with Crippen LogP contribution in [0.1, 0.15) is 12.8 Å². The number of benzene rings is 1. The van der Waals surface area contributed by atoms with Crippen LogP contribution in [0.25, 0.3) is 0 Å². The Kier molecular flexibility index (Phi) is 3.17. The molecule has 0 aromatic heterocycles. The van der Waals surface area contributed by atoms with Crippen LogP contribution in [0.2, 0.25) is 0 Å². The fraction of sp³-hybridized carbons (Fsp3) is 0.455. The summed E-state index contributed by atoms with van der Waals surface area (Å²) < 4.78 is 1.03. The lowest BCUT2D eigenvalue weighted by molar-refractivity contribution is 0.145. The fourth-order valence-corrected chi connectivity index (χ4v) is 2.53. The monoisotopic (exact) mass is 270 g/mol. The van der Waals surface area contributed by atoms with Crippen LogP contribution in [0, 0.1) is 0 Å². The van der Waals surface area contributed by atoms with E-state index in [0.717, 1.165) is 41.8 Å². The Labute approximate surface area is 98.0 Å². The molecular formula is C11H15BrN2O. The van der Waals surface area contributed by atoms with E-state index in [1.165, 1.54) is 0 Å². The quantitative estimate of drug-likeness (QED) is 0.768. The van der Waals surface area contributed by atoms with Crippen molar-refractivity contribution in [2.45, 2.75) is 18.9 Å². The molecule has 1 aliphatic rings. The van der Waals surface area contributed by atoms with E-state index in [9.17, 15) is 5.11 Å². The summed E-state index contributed by atoms with van der Waals surface area (Å²) in [5.74, 6) is 0. The minimum absolute atomic E-state index is 0.131. The van der Waals surface area contributed by atoms with Crippen LogP contribution in [-0.2, 0) is 0 Å². The van der Waals surface area contributed by atoms with Gasteiger partial charge in [-0.25, -0.2) is 0 Å². The first-order valence-corrected chi connectivity index (χ1v) is 5.94. The lowest BCUT2D eigenvalue weighted by Gasteiger charge is -2.32. The first kappa shape index (κ1) is 10.8. The molecule has 4 heteroatoms. The van der Waals surface area contributed by atoms with E-state index in [1.807, 2.05) is 18.2 Å². The van der Waals surface area contributed by atoms with E-state index < -0.39 is 0 Å². The van der Waals surface area contributed by atoms with Crippen molar-refractivity contribution in [3.63, 3.8) is 0 Å². The molecule has 0 bridgehead atoms. The van der Waals surface area contributed by atoms with Crippen LogP contribution < -0.4 is 10.6 Å². The predicted molar refractivity (Wildman–Crippen MR) is 66.0 cm³/mol. The van der Waals surface area contributed by atoms with E-state index in [1.54, 1.807) is 0 Å². The van der Waals surface area contributed by atoms with Crippen molar-refractivity contribution in [1.29, 1.82) is 0 Å². The van der Waals surface area contributed by atoms with E-state index >= 15 is 0 Å². The predicted octanol–water partition coefficient (Wildman–Crippen LogP) is 1.99. The first-order chi connectivity index (χ1) is 7.16. The van der Waals surface area contributed by atoms with Crippen molar-refractivity contribution in [2.24, 2.45) is 0 Å². The minimum Gasteiger partial charge on any atom is -0.399 e. The summed E-state index contributed by atoms with van der Waals surface area (Å²) in [4.78, 5) is 2.27. The van der Waals surface area contributed by atoms with Gasteiger partial charge < -0.3 is 15.7 Å². The second-order valence-corrected chi connectivity index (χ2v) is 4.78. The van der Waals surface area contributed by atoms with Crippen molar-refractivity contribution >= 4 is 27.3 Å². The summed E-state index contributed by atoms with van der Waals surface area (Å²) >= 11 is 3.51. The molecule has 0 spiro atoms. The summed E-state index contributed by atoms with van der Waals surface area (Å²) in [6.45, 7) is 1.81. The molecule has 3 N–H and O–H groups in total. The zero-order valence-corrected chi connectivity index (χ0v) is 10.1. The van der Waals surface area contributed by atoms with Gasteiger partial charge in [-0.1, -0.05) is 0 Å². The van der Waals surface area contributed by atoms with Crippen LogP contribution in [-0.4, -0.2) is 24.3 Å². The Balaban J connectivity index is 2.15. The molecule has 0 radical (unpaired) electrons. The Morgan fingerprint density at radius 3 is 2.60 bits per heavy atom. The Morgan fingerprint density at radius 2 is 2.00 bits per heavy atom. The van der Waals surface area contributed by atoms with Gasteiger partial charge in [0.1, 0.15) is 0 Å². The average molecular weight is 271 g/mol. The molecule has 1 saturated heterocycles. The molecule has 1 fully saturated rings. The van der Waals surface area contributed by atoms with Gasteiger partial charge in [0, 0.05) is 23.2 Å². The van der Waals surface area contributed by atoms with E-state index in [2.05, 4.69) is 20.8 Å². The molecular weight excluding hydrogens is 256 g/mol. The third-order valence-corrected chi connectivity index (χ3v) is 3.41. The highest BCUT2D eigenvalue weighted by molar-refractivity contribution is 9.10. The molecule has 82 valence electrons. The maximum absolute atomic E-state index is 9.43. The molecule has 1 heterocycles. The first-order valence-electron chi connectivity index (χ1n) is 5.15. The number of piperidine rings is 1. The van der Waals surface area contributed by atoms with Gasteiger partial charge in [-0.15, -0.1) is 0 Å². The summed E-state index contributed by atoms with van der Waals surface area (Å²) in [5.41, 5.74) is 7.62. The standard InChI is InChI=1S/C11H15BrN2O/c12-10-7-8(13)1-2-11(10)14-5-3-9(15)4-6-14/h1-2,7,9,15H,3-6,13H2. The maximum Gasteiger partial charge on any atom is 0.0574 e. The van der Waals surface area contributed by atoms with Crippen molar-refractivity contribution in [3.8, 4) is 0 Å². The largest absolute Gasteiger partial charge is 0.399 e. The van der Waals surface area contributed by atoms with Crippen molar-refractivity contribution in [1.82, 2.24) is 0 Å². The third kappa shape index (κ3) is 2.44. The second kappa shape index (κ2) is 4.41. The number of aliphatic hydroxyl groups excluding tert-OH is 1. The molecule has 0 aliphatic carbocycles. The zero-order chi connectivity index (χ0) is 10.8. The zero-order valence-electron chi connectivity index (χ0n) is 8.49. The fourth-order valence-electron chi connectivity index (χ4n) is 1.89. The number of aliphatic hydroxyl groups is 1. The minimum atomic E-state index is -0.131. The summed E-state index contributed by atoms with van der Waals surface area (Å²) in [5, 5.41) is 9.43. The smallest absolute Gasteiger partial charge is 0.0574 e. The maximum atomic E-state index is 9.43. The lowest BCUT2D eigenvalue weighted by Crippen LogP contribution is -2.35. The molecule has 0 amide bonds. The highest BCUT2D eigenvalue weighted by Gasteiger charge is 2.18. The highest BCUT2D eigenvalue weighted by Crippen LogP contribution is 2.30. The van der Waals surface area contributed by atoms with Gasteiger partial charge in [-0.05, 0) is 47.0 Å². The molecule has 1 aromatic rings. The second-order valence-electron chi connectivity index (χ2n) is 3.93. The molecule has 1 aromatic carbocycles. The number of hydrogen-bond donors (Lipinski definition) is 2. The van der Waals surface area contributed by atoms with Gasteiger partial charge in [0.15, 0.2) is 0 Å². The number of anilines is 2. The Bertz CT molecular complexity index is 348. The molecule has 0 atom stereocenters. The molecule has 2 rings (SSSR count). The Hall–Kier alpha value is -0.740. The number of nitrogen functional groups attached to an aromatic ring is 1. The van der Waals surface area contributed by atoms with E-state index in [4.69, 9.17) is 5.73 Å². The normalized spacial score (nSPS) is 18.1. The van der Waals surface area contributed by atoms with E-state index in [0.29, 0.717) is 0 Å². The van der Waals surface area contributed by atoms with Gasteiger partial charge in [-0.3, -0.25) is 0 Å². The van der Waals surface area contributed by atoms with Crippen molar-refractivity contribution in [3.05, 3.63) is 22.7 Å². The third-order valence-electron chi connectivity index (χ3n) is 2.78. The molecule has 0 unspecified atom stereocenters. The van der Waals surface area contributed by atoms with Crippen LogP contribution in [0.5, 0.6) is 0 Å². The number of nitrogens with two attached hydrogens (primary N) is 1. The summed E-state index contributed by atoms with van der Waals surface area (Å²) in [6.07, 6.45) is 1.56. The van der Waals surface area contributed by atoms with Crippen LogP contribution >= 0.6 is 15.9 Å². The lowest BCUT2D eigenvalue weighted by atomic mass is 10.1. The van der Waals surface area contributed by atoms with Gasteiger partial charge >= 0.3 is 0 Å². The SMILES string of the molecule is Nc1ccc(N2CCC(O)CC2)c(Br)c1. The summed E-state index contributed by atoms with van der Waals surface area (Å²) in [6, 6.07) is 5.85. The van der Waals surface area contributed by atoms with Gasteiger partial charge in [0.25, 0.3) is 0 Å². The Morgan fingerprint density at radius 1 is 1.33 bits per heavy atom. The summed E-state index contributed by atoms with van der Waals surface area (Å²) in [7, 11) is 0. The number of hydrogen-bond acceptors (Lipinski definition) is 3. The molecule has 0 saturated carbocycles. The van der Waals surface area contributed by atoms with Crippen LogP contribution in [0.4, 0.5) is 11.4 Å². The highest BCUT2D eigenvalue weighted by atomic mass is 79.9. The van der Waals surface area contributed by atoms with Crippen molar-refractivity contribution < 1.29 is 5.11 Å². The van der Waals surface area contributed by atoms with Gasteiger partial charge in [-0.2, -0.15) is 0 Å². The van der Waals surface area contributed by atoms with E-state index in [-0.39, 0.29) is 6.10 Å². The molecule has 1 aliphatic heterocycles. The average Bonchev–Trinajstić information content (AvgIpc) is 2.20. The molecule has 3 nitrogen and oxygen atoms in total. The van der Waals surface area contributed by atoms with Crippen molar-refractivity contribution in [2.75, 3.05) is 23.7 Å². The van der Waals surface area contributed by atoms with Crippen LogP contribution in [0.15, 0.2) is 22.7 Å². The topological polar surface area (TPSA) is 49.5 Å². The van der Waals surface area contributed by atoms with Gasteiger partial charge in [0.2, 0.25) is 0 Å².